The summed E-state index contributed by atoms with van der Waals surface area (Å²) < 4.78 is 11.0. The molecule has 0 saturated carbocycles. The number of hydrogen-bond donors (Lipinski definition) is 2. The molecule has 0 fully saturated rings. The van der Waals surface area contributed by atoms with Crippen molar-refractivity contribution in [2.45, 2.75) is 25.8 Å². The Hall–Kier alpha value is -3.35. The first-order chi connectivity index (χ1) is 13.2. The van der Waals surface area contributed by atoms with E-state index < -0.39 is 0 Å². The van der Waals surface area contributed by atoms with Gasteiger partial charge in [0.25, 0.3) is 5.89 Å². The highest BCUT2D eigenvalue weighted by atomic mass is 16.5. The van der Waals surface area contributed by atoms with Gasteiger partial charge >= 0.3 is 6.03 Å². The molecule has 2 heterocycles. The maximum Gasteiger partial charge on any atom is 0.319 e. The van der Waals surface area contributed by atoms with E-state index in [0.29, 0.717) is 24.0 Å². The summed E-state index contributed by atoms with van der Waals surface area (Å²) in [5.41, 5.74) is 2.57. The van der Waals surface area contributed by atoms with Gasteiger partial charge in [0.05, 0.1) is 6.04 Å². The van der Waals surface area contributed by atoms with Crippen LogP contribution >= 0.6 is 0 Å². The predicted octanol–water partition coefficient (Wildman–Crippen LogP) is 3.56. The Labute approximate surface area is 156 Å². The molecule has 2 amide bonds. The van der Waals surface area contributed by atoms with Gasteiger partial charge in [0.15, 0.2) is 5.82 Å². The number of amides is 2. The van der Waals surface area contributed by atoms with Crippen LogP contribution in [-0.4, -0.2) is 28.8 Å². The van der Waals surface area contributed by atoms with Crippen LogP contribution < -0.4 is 15.4 Å². The minimum Gasteiger partial charge on any atom is -0.491 e. The fourth-order valence-electron chi connectivity index (χ4n) is 3.07. The standard InChI is InChI=1S/C20H20N4O3/c1-13-21-19(27-24-13)15-6-4-7-16(11-15)22-20(25)23-17-10-9-14-5-2-3-8-18(14)26-12-17/h2-8,11,17H,9-10,12H2,1H3,(H2,22,23,25). The average Bonchev–Trinajstić information content (AvgIpc) is 3.01. The molecule has 2 N–H and O–H groups in total. The number of nitrogens with zero attached hydrogens (tertiary/aromatic N) is 2. The molecule has 1 aliphatic heterocycles. The fourth-order valence-corrected chi connectivity index (χ4v) is 3.07. The SMILES string of the molecule is Cc1noc(-c2cccc(NC(=O)NC3CCc4ccccc4OC3)c2)n1. The molecule has 1 atom stereocenters. The third-order valence-electron chi connectivity index (χ3n) is 4.40. The number of carbonyl (C=O) groups is 1. The van der Waals surface area contributed by atoms with E-state index in [1.165, 1.54) is 5.56 Å². The Bertz CT molecular complexity index is 927. The Morgan fingerprint density at radius 3 is 2.93 bits per heavy atom. The molecule has 138 valence electrons. The molecular formula is C20H20N4O3. The van der Waals surface area contributed by atoms with Gasteiger partial charge in [-0.05, 0) is 49.6 Å². The number of aryl methyl sites for hydroxylation is 2. The molecular weight excluding hydrogens is 344 g/mol. The molecule has 4 rings (SSSR count). The number of ether oxygens (including phenoxy) is 1. The van der Waals surface area contributed by atoms with E-state index in [1.54, 1.807) is 13.0 Å². The number of para-hydroxylation sites is 1. The maximum absolute atomic E-state index is 12.4. The molecule has 3 aromatic rings. The van der Waals surface area contributed by atoms with Crippen molar-refractivity contribution in [3.05, 3.63) is 59.9 Å². The van der Waals surface area contributed by atoms with E-state index in [2.05, 4.69) is 26.8 Å². The summed E-state index contributed by atoms with van der Waals surface area (Å²) in [6, 6.07) is 14.9. The highest BCUT2D eigenvalue weighted by Crippen LogP contribution is 2.24. The number of nitrogens with one attached hydrogen (secondary N) is 2. The van der Waals surface area contributed by atoms with Crippen LogP contribution in [0.25, 0.3) is 11.5 Å². The van der Waals surface area contributed by atoms with Crippen LogP contribution in [0, 0.1) is 6.92 Å². The molecule has 0 spiro atoms. The van der Waals surface area contributed by atoms with Crippen molar-refractivity contribution in [1.82, 2.24) is 15.5 Å². The van der Waals surface area contributed by atoms with Gasteiger partial charge in [0, 0.05) is 11.3 Å². The number of rotatable bonds is 3. The summed E-state index contributed by atoms with van der Waals surface area (Å²) in [5.74, 6) is 1.88. The monoisotopic (exact) mass is 364 g/mol. The zero-order valence-electron chi connectivity index (χ0n) is 14.9. The van der Waals surface area contributed by atoms with Crippen molar-refractivity contribution in [3.8, 4) is 17.2 Å². The Balaban J connectivity index is 1.37. The van der Waals surface area contributed by atoms with Crippen LogP contribution in [0.1, 0.15) is 17.8 Å². The fraction of sp³-hybridized carbons (Fsp3) is 0.250. The summed E-state index contributed by atoms with van der Waals surface area (Å²) >= 11 is 0. The summed E-state index contributed by atoms with van der Waals surface area (Å²) in [6.07, 6.45) is 1.69. The number of benzene rings is 2. The minimum absolute atomic E-state index is 0.0563. The van der Waals surface area contributed by atoms with Crippen molar-refractivity contribution >= 4 is 11.7 Å². The summed E-state index contributed by atoms with van der Waals surface area (Å²) in [6.45, 7) is 2.21. The van der Waals surface area contributed by atoms with E-state index in [4.69, 9.17) is 9.26 Å². The van der Waals surface area contributed by atoms with Crippen molar-refractivity contribution in [2.24, 2.45) is 0 Å². The van der Waals surface area contributed by atoms with Crippen LogP contribution in [0.2, 0.25) is 0 Å². The van der Waals surface area contributed by atoms with Gasteiger partial charge in [-0.2, -0.15) is 4.98 Å². The third-order valence-corrected chi connectivity index (χ3v) is 4.40. The zero-order chi connectivity index (χ0) is 18.6. The first-order valence-corrected chi connectivity index (χ1v) is 8.86. The summed E-state index contributed by atoms with van der Waals surface area (Å²) in [4.78, 5) is 16.6. The lowest BCUT2D eigenvalue weighted by molar-refractivity contribution is 0.234. The topological polar surface area (TPSA) is 89.3 Å². The van der Waals surface area contributed by atoms with E-state index >= 15 is 0 Å². The third kappa shape index (κ3) is 4.08. The lowest BCUT2D eigenvalue weighted by Crippen LogP contribution is -2.41. The number of anilines is 1. The van der Waals surface area contributed by atoms with Gasteiger partial charge in [-0.25, -0.2) is 4.79 Å². The smallest absolute Gasteiger partial charge is 0.319 e. The molecule has 0 radical (unpaired) electrons. The van der Waals surface area contributed by atoms with E-state index in [-0.39, 0.29) is 12.1 Å². The van der Waals surface area contributed by atoms with Crippen LogP contribution in [0.5, 0.6) is 5.75 Å². The molecule has 27 heavy (non-hydrogen) atoms. The van der Waals surface area contributed by atoms with Gasteiger partial charge < -0.3 is 19.9 Å². The molecule has 0 aliphatic carbocycles. The van der Waals surface area contributed by atoms with Crippen LogP contribution in [-0.2, 0) is 6.42 Å². The van der Waals surface area contributed by atoms with Gasteiger partial charge in [0.1, 0.15) is 12.4 Å². The first-order valence-electron chi connectivity index (χ1n) is 8.86. The molecule has 7 heteroatoms. The Kier molecular flexibility index (Phi) is 4.74. The van der Waals surface area contributed by atoms with Crippen molar-refractivity contribution in [1.29, 1.82) is 0 Å². The molecule has 1 aliphatic rings. The maximum atomic E-state index is 12.4. The van der Waals surface area contributed by atoms with Crippen molar-refractivity contribution < 1.29 is 14.1 Å². The predicted molar refractivity (Wildman–Crippen MR) is 101 cm³/mol. The molecule has 7 nitrogen and oxygen atoms in total. The van der Waals surface area contributed by atoms with Crippen molar-refractivity contribution in [3.63, 3.8) is 0 Å². The second-order valence-corrected chi connectivity index (χ2v) is 6.48. The van der Waals surface area contributed by atoms with Gasteiger partial charge in [-0.3, -0.25) is 0 Å². The molecule has 2 aromatic carbocycles. The van der Waals surface area contributed by atoms with Crippen molar-refractivity contribution in [2.75, 3.05) is 11.9 Å². The normalized spacial score (nSPS) is 16.0. The number of urea groups is 1. The number of hydrogen-bond acceptors (Lipinski definition) is 5. The van der Waals surface area contributed by atoms with E-state index in [1.807, 2.05) is 36.4 Å². The number of aromatic nitrogens is 2. The summed E-state index contributed by atoms with van der Waals surface area (Å²) in [7, 11) is 0. The molecule has 0 saturated heterocycles. The molecule has 1 unspecified atom stereocenters. The van der Waals surface area contributed by atoms with E-state index in [9.17, 15) is 4.79 Å². The largest absolute Gasteiger partial charge is 0.491 e. The highest BCUT2D eigenvalue weighted by molar-refractivity contribution is 5.90. The Morgan fingerprint density at radius 2 is 2.07 bits per heavy atom. The average molecular weight is 364 g/mol. The zero-order valence-corrected chi connectivity index (χ0v) is 14.9. The molecule has 1 aromatic heterocycles. The van der Waals surface area contributed by atoms with E-state index in [0.717, 1.165) is 24.2 Å². The lowest BCUT2D eigenvalue weighted by atomic mass is 10.1. The van der Waals surface area contributed by atoms with Gasteiger partial charge in [-0.15, -0.1) is 0 Å². The second kappa shape index (κ2) is 7.49. The van der Waals surface area contributed by atoms with Gasteiger partial charge in [0.2, 0.25) is 0 Å². The molecule has 0 bridgehead atoms. The van der Waals surface area contributed by atoms with Gasteiger partial charge in [-0.1, -0.05) is 29.4 Å². The first kappa shape index (κ1) is 17.1. The second-order valence-electron chi connectivity index (χ2n) is 6.48. The lowest BCUT2D eigenvalue weighted by Gasteiger charge is -2.16. The number of fused-ring (bicyclic) bond motifs is 1. The summed E-state index contributed by atoms with van der Waals surface area (Å²) in [5, 5.41) is 9.62. The highest BCUT2D eigenvalue weighted by Gasteiger charge is 2.19. The Morgan fingerprint density at radius 1 is 1.19 bits per heavy atom. The number of carbonyl (C=O) groups excluding carboxylic acids is 1. The van der Waals surface area contributed by atoms with Crippen LogP contribution in [0.3, 0.4) is 0 Å². The van der Waals surface area contributed by atoms with Crippen LogP contribution in [0.4, 0.5) is 10.5 Å². The minimum atomic E-state index is -0.270. The van der Waals surface area contributed by atoms with Crippen LogP contribution in [0.15, 0.2) is 53.1 Å². The quantitative estimate of drug-likeness (QED) is 0.742.